The number of carbonyl (C=O) groups excluding carboxylic acids is 1. The van der Waals surface area contributed by atoms with Gasteiger partial charge in [0.05, 0.1) is 17.6 Å². The Morgan fingerprint density at radius 3 is 2.53 bits per heavy atom. The van der Waals surface area contributed by atoms with Crippen LogP contribution in [0.4, 0.5) is 13.2 Å². The van der Waals surface area contributed by atoms with Gasteiger partial charge in [-0.2, -0.15) is 13.2 Å². The van der Waals surface area contributed by atoms with E-state index in [4.69, 9.17) is 4.74 Å². The van der Waals surface area contributed by atoms with Crippen LogP contribution in [0.2, 0.25) is 0 Å². The molecule has 5 heteroatoms. The number of fused-ring (bicyclic) bond motifs is 1. The van der Waals surface area contributed by atoms with E-state index in [0.717, 1.165) is 6.07 Å². The lowest BCUT2D eigenvalue weighted by Crippen LogP contribution is -2.23. The zero-order valence-corrected chi connectivity index (χ0v) is 8.75. The van der Waals surface area contributed by atoms with Crippen molar-refractivity contribution in [3.63, 3.8) is 0 Å². The summed E-state index contributed by atoms with van der Waals surface area (Å²) in [5.74, 6) is -0.599. The van der Waals surface area contributed by atoms with Gasteiger partial charge in [-0.15, -0.1) is 0 Å². The third-order valence-corrected chi connectivity index (χ3v) is 3.60. The SMILES string of the molecule is O=C1OCC2CC12c1ccccc1C(F)(F)F. The van der Waals surface area contributed by atoms with Gasteiger partial charge in [-0.05, 0) is 18.1 Å². The molecule has 90 valence electrons. The average Bonchev–Trinajstić information content (AvgIpc) is 2.93. The summed E-state index contributed by atoms with van der Waals surface area (Å²) in [6, 6.07) is 5.27. The predicted molar refractivity (Wildman–Crippen MR) is 52.2 cm³/mol. The zero-order valence-electron chi connectivity index (χ0n) is 8.75. The predicted octanol–water partition coefficient (Wildman–Crippen LogP) is 2.52. The number of alkyl halides is 3. The molecule has 2 nitrogen and oxygen atoms in total. The highest BCUT2D eigenvalue weighted by Gasteiger charge is 2.68. The van der Waals surface area contributed by atoms with Crippen molar-refractivity contribution in [1.82, 2.24) is 0 Å². The van der Waals surface area contributed by atoms with Crippen molar-refractivity contribution < 1.29 is 22.7 Å². The lowest BCUT2D eigenvalue weighted by atomic mass is 9.90. The van der Waals surface area contributed by atoms with Crippen LogP contribution in [0.1, 0.15) is 17.5 Å². The Kier molecular flexibility index (Phi) is 1.89. The van der Waals surface area contributed by atoms with Crippen LogP contribution in [0.3, 0.4) is 0 Å². The van der Waals surface area contributed by atoms with Crippen LogP contribution in [-0.4, -0.2) is 12.6 Å². The minimum atomic E-state index is -4.43. The number of hydrogen-bond acceptors (Lipinski definition) is 2. The number of cyclic esters (lactones) is 1. The van der Waals surface area contributed by atoms with Crippen LogP contribution in [-0.2, 0) is 21.1 Å². The molecule has 1 aromatic rings. The molecule has 0 bridgehead atoms. The van der Waals surface area contributed by atoms with E-state index in [2.05, 4.69) is 0 Å². The number of halogens is 3. The van der Waals surface area contributed by atoms with Gasteiger partial charge in [-0.1, -0.05) is 18.2 Å². The Labute approximate surface area is 95.4 Å². The lowest BCUT2D eigenvalue weighted by molar-refractivity contribution is -0.143. The molecule has 0 radical (unpaired) electrons. The van der Waals surface area contributed by atoms with Crippen LogP contribution in [0, 0.1) is 5.92 Å². The van der Waals surface area contributed by atoms with Crippen molar-refractivity contribution in [3.05, 3.63) is 35.4 Å². The maximum absolute atomic E-state index is 12.9. The fourth-order valence-corrected chi connectivity index (χ4v) is 2.65. The normalized spacial score (nSPS) is 31.0. The first-order chi connectivity index (χ1) is 7.96. The van der Waals surface area contributed by atoms with Gasteiger partial charge in [0.2, 0.25) is 0 Å². The second-order valence-corrected chi connectivity index (χ2v) is 4.51. The Morgan fingerprint density at radius 1 is 1.29 bits per heavy atom. The molecule has 0 amide bonds. The minimum Gasteiger partial charge on any atom is -0.465 e. The van der Waals surface area contributed by atoms with Gasteiger partial charge in [0, 0.05) is 5.92 Å². The molecule has 17 heavy (non-hydrogen) atoms. The molecule has 1 saturated heterocycles. The number of carbonyl (C=O) groups is 1. The Hall–Kier alpha value is -1.52. The molecule has 1 aromatic carbocycles. The summed E-state index contributed by atoms with van der Waals surface area (Å²) < 4.78 is 43.4. The van der Waals surface area contributed by atoms with E-state index in [1.54, 1.807) is 0 Å². The van der Waals surface area contributed by atoms with Crippen molar-refractivity contribution in [2.75, 3.05) is 6.61 Å². The topological polar surface area (TPSA) is 26.3 Å². The van der Waals surface area contributed by atoms with E-state index >= 15 is 0 Å². The maximum Gasteiger partial charge on any atom is 0.416 e. The molecule has 2 aliphatic rings. The molecule has 2 unspecified atom stereocenters. The van der Waals surface area contributed by atoms with Crippen molar-refractivity contribution in [2.24, 2.45) is 5.92 Å². The standard InChI is InChI=1S/C12H9F3O2/c13-12(14,15)9-4-2-1-3-8(9)11-5-7(11)6-17-10(11)16/h1-4,7H,5-6H2. The quantitative estimate of drug-likeness (QED) is 0.707. The molecule has 0 spiro atoms. The largest absolute Gasteiger partial charge is 0.465 e. The molecule has 1 aliphatic carbocycles. The van der Waals surface area contributed by atoms with E-state index in [1.807, 2.05) is 0 Å². The summed E-state index contributed by atoms with van der Waals surface area (Å²) in [5.41, 5.74) is -1.67. The Balaban J connectivity index is 2.14. The summed E-state index contributed by atoms with van der Waals surface area (Å²) in [7, 11) is 0. The second kappa shape index (κ2) is 3.03. The molecule has 0 aromatic heterocycles. The molecule has 0 N–H and O–H groups in total. The maximum atomic E-state index is 12.9. The van der Waals surface area contributed by atoms with Gasteiger partial charge in [0.15, 0.2) is 0 Å². The molecule has 2 fully saturated rings. The fourth-order valence-electron chi connectivity index (χ4n) is 2.65. The third-order valence-electron chi connectivity index (χ3n) is 3.60. The van der Waals surface area contributed by atoms with Crippen molar-refractivity contribution in [3.8, 4) is 0 Å². The first-order valence-electron chi connectivity index (χ1n) is 5.30. The first kappa shape index (κ1) is 10.6. The van der Waals surface area contributed by atoms with E-state index in [1.165, 1.54) is 18.2 Å². The van der Waals surface area contributed by atoms with Crippen molar-refractivity contribution in [1.29, 1.82) is 0 Å². The highest BCUT2D eigenvalue weighted by atomic mass is 19.4. The molecule has 1 heterocycles. The van der Waals surface area contributed by atoms with Gasteiger partial charge in [-0.25, -0.2) is 0 Å². The highest BCUT2D eigenvalue weighted by Crippen LogP contribution is 2.60. The molecular formula is C12H9F3O2. The van der Waals surface area contributed by atoms with Crippen LogP contribution in [0.25, 0.3) is 0 Å². The third kappa shape index (κ3) is 1.31. The van der Waals surface area contributed by atoms with Gasteiger partial charge in [0.1, 0.15) is 0 Å². The van der Waals surface area contributed by atoms with E-state index in [-0.39, 0.29) is 18.1 Å². The minimum absolute atomic E-state index is 0.0694. The van der Waals surface area contributed by atoms with Crippen LogP contribution in [0.5, 0.6) is 0 Å². The summed E-state index contributed by atoms with van der Waals surface area (Å²) in [6.45, 7) is 0.241. The van der Waals surface area contributed by atoms with E-state index < -0.39 is 23.1 Å². The lowest BCUT2D eigenvalue weighted by Gasteiger charge is -2.17. The average molecular weight is 242 g/mol. The van der Waals surface area contributed by atoms with Gasteiger partial charge in [-0.3, -0.25) is 4.79 Å². The molecule has 2 atom stereocenters. The van der Waals surface area contributed by atoms with Gasteiger partial charge < -0.3 is 4.74 Å². The second-order valence-electron chi connectivity index (χ2n) is 4.51. The Bertz CT molecular complexity index is 495. The molecule has 1 aliphatic heterocycles. The summed E-state index contributed by atoms with van der Waals surface area (Å²) in [5, 5.41) is 0. The highest BCUT2D eigenvalue weighted by molar-refractivity contribution is 5.90. The van der Waals surface area contributed by atoms with Gasteiger partial charge in [0.25, 0.3) is 0 Å². The molecular weight excluding hydrogens is 233 g/mol. The fraction of sp³-hybridized carbons (Fsp3) is 0.417. The van der Waals surface area contributed by atoms with Crippen LogP contribution in [0.15, 0.2) is 24.3 Å². The summed E-state index contributed by atoms with van der Waals surface area (Å²) >= 11 is 0. The number of rotatable bonds is 1. The number of benzene rings is 1. The smallest absolute Gasteiger partial charge is 0.416 e. The van der Waals surface area contributed by atoms with Crippen molar-refractivity contribution in [2.45, 2.75) is 18.0 Å². The van der Waals surface area contributed by atoms with Crippen LogP contribution < -0.4 is 0 Å². The Morgan fingerprint density at radius 2 is 2.00 bits per heavy atom. The van der Waals surface area contributed by atoms with Crippen LogP contribution >= 0.6 is 0 Å². The number of esters is 1. The van der Waals surface area contributed by atoms with E-state index in [0.29, 0.717) is 6.42 Å². The van der Waals surface area contributed by atoms with Gasteiger partial charge >= 0.3 is 12.1 Å². The monoisotopic (exact) mass is 242 g/mol. The van der Waals surface area contributed by atoms with E-state index in [9.17, 15) is 18.0 Å². The summed E-state index contributed by atoms with van der Waals surface area (Å²) in [4.78, 5) is 11.6. The molecule has 1 saturated carbocycles. The summed E-state index contributed by atoms with van der Waals surface area (Å²) in [6.07, 6.45) is -3.96. The zero-order chi connectivity index (χ0) is 12.3. The molecule has 3 rings (SSSR count). The number of ether oxygens (including phenoxy) is 1. The first-order valence-corrected chi connectivity index (χ1v) is 5.30. The van der Waals surface area contributed by atoms with Crippen molar-refractivity contribution >= 4 is 5.97 Å². The number of hydrogen-bond donors (Lipinski definition) is 0.